The monoisotopic (exact) mass is 370 g/mol. The minimum Gasteiger partial charge on any atom is -0.495 e. The number of nitrogens with one attached hydrogen (secondary N) is 3. The Labute approximate surface area is 157 Å². The number of methoxy groups -OCH3 is 1. The van der Waals surface area contributed by atoms with E-state index in [0.29, 0.717) is 30.3 Å². The van der Waals surface area contributed by atoms with Gasteiger partial charge in [-0.3, -0.25) is 15.6 Å². The van der Waals surface area contributed by atoms with E-state index in [4.69, 9.17) is 4.74 Å². The molecule has 0 aromatic heterocycles. The lowest BCUT2D eigenvalue weighted by molar-refractivity contribution is -0.117. The third kappa shape index (κ3) is 3.61. The number of ether oxygens (including phenoxy) is 1. The number of benzene rings is 2. The molecule has 142 valence electrons. The zero-order chi connectivity index (χ0) is 18.8. The van der Waals surface area contributed by atoms with E-state index in [1.807, 2.05) is 12.1 Å². The summed E-state index contributed by atoms with van der Waals surface area (Å²) < 4.78 is 18.8. The van der Waals surface area contributed by atoms with Gasteiger partial charge in [-0.25, -0.2) is 4.39 Å². The van der Waals surface area contributed by atoms with E-state index in [1.165, 1.54) is 24.8 Å². The van der Waals surface area contributed by atoms with Crippen molar-refractivity contribution >= 4 is 17.3 Å². The van der Waals surface area contributed by atoms with Crippen molar-refractivity contribution in [2.24, 2.45) is 0 Å². The van der Waals surface area contributed by atoms with Crippen LogP contribution in [0.3, 0.4) is 0 Å². The summed E-state index contributed by atoms with van der Waals surface area (Å²) in [4.78, 5) is 14.6. The molecule has 2 aliphatic rings. The first kappa shape index (κ1) is 17.8. The summed E-state index contributed by atoms with van der Waals surface area (Å²) >= 11 is 0. The Morgan fingerprint density at radius 3 is 2.59 bits per heavy atom. The number of hydrogen-bond acceptors (Lipinski definition) is 5. The van der Waals surface area contributed by atoms with Gasteiger partial charge < -0.3 is 15.0 Å². The molecule has 0 spiro atoms. The standard InChI is InChI=1S/C20H23FN4O2/c1-27-19-7-4-15(21)10-18(19)24-17-8-9-25(20(17)26)16-5-2-13(3-6-16)14-11-22-23-12-14/h2-7,10,14,17,22-24H,8-9,11-12H2,1H3. The Bertz CT molecular complexity index is 821. The fraction of sp³-hybridized carbons (Fsp3) is 0.350. The highest BCUT2D eigenvalue weighted by Gasteiger charge is 2.33. The van der Waals surface area contributed by atoms with Crippen LogP contribution in [-0.4, -0.2) is 38.7 Å². The quantitative estimate of drug-likeness (QED) is 0.753. The van der Waals surface area contributed by atoms with E-state index >= 15 is 0 Å². The van der Waals surface area contributed by atoms with Crippen LogP contribution >= 0.6 is 0 Å². The molecule has 27 heavy (non-hydrogen) atoms. The molecule has 0 saturated carbocycles. The van der Waals surface area contributed by atoms with Gasteiger partial charge in [0.05, 0.1) is 12.8 Å². The maximum Gasteiger partial charge on any atom is 0.249 e. The van der Waals surface area contributed by atoms with Crippen LogP contribution in [0.25, 0.3) is 0 Å². The first-order valence-electron chi connectivity index (χ1n) is 9.13. The lowest BCUT2D eigenvalue weighted by atomic mass is 10.00. The Morgan fingerprint density at radius 2 is 1.89 bits per heavy atom. The SMILES string of the molecule is COc1ccc(F)cc1NC1CCN(c2ccc(C3CNNC3)cc2)C1=O. The van der Waals surface area contributed by atoms with E-state index in [1.54, 1.807) is 11.0 Å². The summed E-state index contributed by atoms with van der Waals surface area (Å²) in [5.74, 6) is 0.583. The highest BCUT2D eigenvalue weighted by atomic mass is 19.1. The molecular weight excluding hydrogens is 347 g/mol. The van der Waals surface area contributed by atoms with Crippen molar-refractivity contribution in [2.45, 2.75) is 18.4 Å². The molecule has 2 aliphatic heterocycles. The number of anilines is 2. The second-order valence-electron chi connectivity index (χ2n) is 6.87. The summed E-state index contributed by atoms with van der Waals surface area (Å²) in [7, 11) is 1.53. The first-order valence-corrected chi connectivity index (χ1v) is 9.13. The molecule has 0 radical (unpaired) electrons. The molecule has 4 rings (SSSR count). The average Bonchev–Trinajstić information content (AvgIpc) is 3.33. The van der Waals surface area contributed by atoms with Crippen LogP contribution in [0.2, 0.25) is 0 Å². The normalized spacial score (nSPS) is 20.3. The van der Waals surface area contributed by atoms with Gasteiger partial charge in [0.15, 0.2) is 0 Å². The molecule has 2 saturated heterocycles. The van der Waals surface area contributed by atoms with E-state index in [0.717, 1.165) is 18.8 Å². The molecule has 2 aromatic carbocycles. The van der Waals surface area contributed by atoms with Crippen molar-refractivity contribution in [1.29, 1.82) is 0 Å². The molecule has 7 heteroatoms. The smallest absolute Gasteiger partial charge is 0.249 e. The molecule has 2 fully saturated rings. The molecule has 1 atom stereocenters. The van der Waals surface area contributed by atoms with Crippen molar-refractivity contribution in [1.82, 2.24) is 10.9 Å². The zero-order valence-corrected chi connectivity index (χ0v) is 15.2. The maximum absolute atomic E-state index is 13.6. The summed E-state index contributed by atoms with van der Waals surface area (Å²) in [6, 6.07) is 12.0. The van der Waals surface area contributed by atoms with Gasteiger partial charge in [0.1, 0.15) is 17.6 Å². The molecule has 2 aromatic rings. The van der Waals surface area contributed by atoms with E-state index in [2.05, 4.69) is 28.3 Å². The third-order valence-corrected chi connectivity index (χ3v) is 5.19. The van der Waals surface area contributed by atoms with Crippen molar-refractivity contribution in [3.63, 3.8) is 0 Å². The van der Waals surface area contributed by atoms with E-state index < -0.39 is 6.04 Å². The predicted molar refractivity (Wildman–Crippen MR) is 103 cm³/mol. The highest BCUT2D eigenvalue weighted by Crippen LogP contribution is 2.30. The largest absolute Gasteiger partial charge is 0.495 e. The molecular formula is C20H23FN4O2. The van der Waals surface area contributed by atoms with Gasteiger partial charge in [-0.1, -0.05) is 12.1 Å². The number of nitrogens with zero attached hydrogens (tertiary/aromatic N) is 1. The Balaban J connectivity index is 1.46. The van der Waals surface area contributed by atoms with Gasteiger partial charge in [-0.15, -0.1) is 0 Å². The van der Waals surface area contributed by atoms with Crippen molar-refractivity contribution < 1.29 is 13.9 Å². The van der Waals surface area contributed by atoms with Crippen LogP contribution < -0.4 is 25.8 Å². The molecule has 1 amide bonds. The fourth-order valence-electron chi connectivity index (χ4n) is 3.68. The number of carbonyl (C=O) groups is 1. The molecule has 6 nitrogen and oxygen atoms in total. The number of rotatable bonds is 5. The lowest BCUT2D eigenvalue weighted by Crippen LogP contribution is -2.33. The summed E-state index contributed by atoms with van der Waals surface area (Å²) in [6.07, 6.45) is 0.650. The van der Waals surface area contributed by atoms with E-state index in [-0.39, 0.29) is 11.7 Å². The predicted octanol–water partition coefficient (Wildman–Crippen LogP) is 2.24. The zero-order valence-electron chi connectivity index (χ0n) is 15.2. The number of hydrazine groups is 1. The topological polar surface area (TPSA) is 65.6 Å². The molecule has 2 heterocycles. The van der Waals surface area contributed by atoms with Crippen molar-refractivity contribution in [3.05, 3.63) is 53.8 Å². The second-order valence-corrected chi connectivity index (χ2v) is 6.87. The second kappa shape index (κ2) is 7.54. The van der Waals surface area contributed by atoms with Crippen LogP contribution in [0.5, 0.6) is 5.75 Å². The average molecular weight is 370 g/mol. The number of halogens is 1. The number of hydrogen-bond donors (Lipinski definition) is 3. The van der Waals surface area contributed by atoms with Gasteiger partial charge in [-0.2, -0.15) is 0 Å². The van der Waals surface area contributed by atoms with Crippen LogP contribution in [0.15, 0.2) is 42.5 Å². The highest BCUT2D eigenvalue weighted by molar-refractivity contribution is 6.01. The minimum absolute atomic E-state index is 0.0155. The molecule has 0 aliphatic carbocycles. The van der Waals surface area contributed by atoms with Gasteiger partial charge >= 0.3 is 0 Å². The van der Waals surface area contributed by atoms with Crippen molar-refractivity contribution in [3.8, 4) is 5.75 Å². The van der Waals surface area contributed by atoms with Crippen LogP contribution in [0.1, 0.15) is 17.9 Å². The third-order valence-electron chi connectivity index (χ3n) is 5.19. The summed E-state index contributed by atoms with van der Waals surface area (Å²) in [5, 5.41) is 3.13. The van der Waals surface area contributed by atoms with Crippen molar-refractivity contribution in [2.75, 3.05) is 37.0 Å². The summed E-state index contributed by atoms with van der Waals surface area (Å²) in [6.45, 7) is 2.44. The molecule has 3 N–H and O–H groups in total. The Kier molecular flexibility index (Phi) is 4.96. The van der Waals surface area contributed by atoms with Crippen LogP contribution in [0.4, 0.5) is 15.8 Å². The lowest BCUT2D eigenvalue weighted by Gasteiger charge is -2.19. The molecule has 0 bridgehead atoms. The van der Waals surface area contributed by atoms with E-state index in [9.17, 15) is 9.18 Å². The Hall–Kier alpha value is -2.64. The van der Waals surface area contributed by atoms with Gasteiger partial charge in [0, 0.05) is 37.3 Å². The Morgan fingerprint density at radius 1 is 1.15 bits per heavy atom. The van der Waals surface area contributed by atoms with Crippen LogP contribution in [-0.2, 0) is 4.79 Å². The first-order chi connectivity index (χ1) is 13.2. The maximum atomic E-state index is 13.6. The molecule has 1 unspecified atom stereocenters. The fourth-order valence-corrected chi connectivity index (χ4v) is 3.68. The minimum atomic E-state index is -0.399. The summed E-state index contributed by atoms with van der Waals surface area (Å²) in [5.41, 5.74) is 8.89. The van der Waals surface area contributed by atoms with Crippen LogP contribution in [0, 0.1) is 5.82 Å². The number of carbonyl (C=O) groups excluding carboxylic acids is 1. The van der Waals surface area contributed by atoms with Gasteiger partial charge in [-0.05, 0) is 36.2 Å². The van der Waals surface area contributed by atoms with Gasteiger partial charge in [0.2, 0.25) is 5.91 Å². The number of amides is 1. The van der Waals surface area contributed by atoms with Gasteiger partial charge in [0.25, 0.3) is 0 Å².